The molecule has 0 saturated heterocycles. The third-order valence-corrected chi connectivity index (χ3v) is 11.0. The summed E-state index contributed by atoms with van der Waals surface area (Å²) in [4.78, 5) is 11.7. The van der Waals surface area contributed by atoms with Crippen LogP contribution in [0.4, 0.5) is 4.39 Å². The van der Waals surface area contributed by atoms with E-state index in [0.29, 0.717) is 11.1 Å². The number of halogens is 1. The van der Waals surface area contributed by atoms with Crippen LogP contribution in [0.25, 0.3) is 55.1 Å². The number of aliphatic hydroxyl groups is 1. The average molecular weight is 919 g/mol. The van der Waals surface area contributed by atoms with E-state index in [1.54, 1.807) is 0 Å². The van der Waals surface area contributed by atoms with Crippen molar-refractivity contribution in [3.8, 4) is 22.4 Å². The maximum atomic E-state index is 16.3. The molecule has 0 atom stereocenters. The van der Waals surface area contributed by atoms with Crippen LogP contribution < -0.4 is 4.57 Å². The molecule has 1 N–H and O–H groups in total. The van der Waals surface area contributed by atoms with Gasteiger partial charge in [0.1, 0.15) is 11.3 Å². The molecule has 0 aliphatic carbocycles. The molecule has 55 heavy (non-hydrogen) atoms. The van der Waals surface area contributed by atoms with E-state index >= 15 is 4.39 Å². The minimum absolute atomic E-state index is 0. The van der Waals surface area contributed by atoms with Crippen molar-refractivity contribution in [2.24, 2.45) is 11.8 Å². The van der Waals surface area contributed by atoms with Crippen molar-refractivity contribution in [1.29, 1.82) is 0 Å². The summed E-state index contributed by atoms with van der Waals surface area (Å²) < 4.78 is 24.5. The second-order valence-electron chi connectivity index (χ2n) is 15.8. The zero-order valence-electron chi connectivity index (χ0n) is 34.2. The summed E-state index contributed by atoms with van der Waals surface area (Å²) >= 11 is 0. The molecule has 2 aromatic heterocycles. The van der Waals surface area contributed by atoms with Crippen LogP contribution in [-0.2, 0) is 30.3 Å². The monoisotopic (exact) mass is 919 g/mol. The van der Waals surface area contributed by atoms with Crippen molar-refractivity contribution < 1.29 is 43.4 Å². The number of carbonyl (C=O) groups excluding carboxylic acids is 1. The molecule has 0 fully saturated rings. The van der Waals surface area contributed by atoms with Crippen LogP contribution in [0, 0.1) is 52.4 Å². The molecule has 2 heterocycles. The van der Waals surface area contributed by atoms with Gasteiger partial charge in [-0.05, 0) is 80.7 Å². The Kier molecular flexibility index (Phi) is 13.9. The largest absolute Gasteiger partial charge is 0.512 e. The quantitative estimate of drug-likeness (QED) is 0.0680. The molecule has 0 aliphatic heterocycles. The van der Waals surface area contributed by atoms with Crippen molar-refractivity contribution in [3.63, 3.8) is 0 Å². The summed E-state index contributed by atoms with van der Waals surface area (Å²) in [6.07, 6.45) is 6.82. The number of aliphatic hydroxyl groups excluding tert-OH is 1. The van der Waals surface area contributed by atoms with Crippen LogP contribution >= 0.6 is 0 Å². The molecule has 4 nitrogen and oxygen atoms in total. The molecule has 6 aromatic rings. The first-order chi connectivity index (χ1) is 25.6. The van der Waals surface area contributed by atoms with Gasteiger partial charge in [0.15, 0.2) is 17.2 Å². The second-order valence-corrected chi connectivity index (χ2v) is 15.8. The summed E-state index contributed by atoms with van der Waals surface area (Å²) in [6.45, 7) is 25.3. The first kappa shape index (κ1) is 43.3. The summed E-state index contributed by atoms with van der Waals surface area (Å²) in [6, 6.07) is 20.6. The Balaban J connectivity index is 0.000000360. The molecule has 0 aliphatic rings. The van der Waals surface area contributed by atoms with Gasteiger partial charge in [0.05, 0.1) is 12.0 Å². The van der Waals surface area contributed by atoms with Crippen LogP contribution in [0.15, 0.2) is 83.1 Å². The van der Waals surface area contributed by atoms with Gasteiger partial charge in [-0.15, -0.1) is 23.1 Å². The average Bonchev–Trinajstić information content (AvgIpc) is 3.49. The number of furan rings is 1. The van der Waals surface area contributed by atoms with Crippen LogP contribution in [0.5, 0.6) is 0 Å². The Bertz CT molecular complexity index is 2350. The Morgan fingerprint density at radius 1 is 0.818 bits per heavy atom. The van der Waals surface area contributed by atoms with Gasteiger partial charge in [0.25, 0.3) is 0 Å². The SMILES string of the molecule is CCC(CC)C(=O)/C=C(\O)C(CC)CC.[CH2-]c1c(-c2c3oc4c(F)c(-c5c(C)cc(C)cc5C)ccc4c3cc[n+]2[CH2-])cc(C(C)(C)C)c2ccccc12.[Ir]. The van der Waals surface area contributed by atoms with E-state index < -0.39 is 0 Å². The molecule has 0 saturated carbocycles. The van der Waals surface area contributed by atoms with E-state index in [0.717, 1.165) is 80.9 Å². The molecule has 0 bridgehead atoms. The van der Waals surface area contributed by atoms with Gasteiger partial charge < -0.3 is 14.1 Å². The van der Waals surface area contributed by atoms with Gasteiger partial charge in [-0.25, -0.2) is 4.39 Å². The number of carbonyl (C=O) groups is 1. The zero-order chi connectivity index (χ0) is 39.6. The molecule has 6 heteroatoms. The summed E-state index contributed by atoms with van der Waals surface area (Å²) in [5, 5.41) is 13.6. The van der Waals surface area contributed by atoms with Gasteiger partial charge in [0.2, 0.25) is 0 Å². The standard InChI is InChI=1S/C36H33FNO.C13H24O2.Ir/c1-20-17-21(2)31(22(3)18-20)28-14-13-26-27-15-16-38(8)33(35(27)39-34(26)32(28)37)29-19-30(36(5,6)7)25-12-10-9-11-24(25)23(29)4;1-5-10(6-2)12(14)9-13(15)11(7-3)8-4;/h9-19H,4,8H2,1-3,5-7H3;9-11,14H,5-8H2,1-4H3;/q-1;;/b;12-9-;. The minimum atomic E-state index is -0.343. The van der Waals surface area contributed by atoms with E-state index in [2.05, 4.69) is 78.1 Å². The zero-order valence-corrected chi connectivity index (χ0v) is 36.6. The number of benzene rings is 4. The first-order valence-corrected chi connectivity index (χ1v) is 19.4. The van der Waals surface area contributed by atoms with Crippen LogP contribution in [-0.4, -0.2) is 10.9 Å². The van der Waals surface area contributed by atoms with E-state index in [9.17, 15) is 9.90 Å². The predicted octanol–water partition coefficient (Wildman–Crippen LogP) is 13.4. The summed E-state index contributed by atoms with van der Waals surface area (Å²) in [5.41, 5.74) is 9.33. The number of aromatic nitrogens is 1. The number of rotatable bonds is 9. The van der Waals surface area contributed by atoms with E-state index in [1.807, 2.05) is 76.6 Å². The third kappa shape index (κ3) is 8.56. The van der Waals surface area contributed by atoms with E-state index in [4.69, 9.17) is 4.42 Å². The molecule has 4 aromatic carbocycles. The van der Waals surface area contributed by atoms with Crippen molar-refractivity contribution in [2.75, 3.05) is 0 Å². The molecule has 6 rings (SSSR count). The number of aryl methyl sites for hydroxylation is 3. The number of hydrogen-bond acceptors (Lipinski definition) is 3. The number of hydrogen-bond donors (Lipinski definition) is 1. The normalized spacial score (nSPS) is 12.1. The van der Waals surface area contributed by atoms with Crippen molar-refractivity contribution in [3.05, 3.63) is 126 Å². The number of ketones is 1. The van der Waals surface area contributed by atoms with Gasteiger partial charge in [-0.2, -0.15) is 12.5 Å². The van der Waals surface area contributed by atoms with Crippen LogP contribution in [0.1, 0.15) is 102 Å². The fraction of sp³-hybridized carbons (Fsp3) is 0.347. The summed E-state index contributed by atoms with van der Waals surface area (Å²) in [7, 11) is 4.28. The Morgan fingerprint density at radius 2 is 1.38 bits per heavy atom. The Hall–Kier alpha value is -4.38. The smallest absolute Gasteiger partial charge is 0.174 e. The van der Waals surface area contributed by atoms with Crippen LogP contribution in [0.2, 0.25) is 0 Å². The number of pyridine rings is 1. The fourth-order valence-electron chi connectivity index (χ4n) is 7.98. The fourth-order valence-corrected chi connectivity index (χ4v) is 7.98. The third-order valence-electron chi connectivity index (χ3n) is 11.0. The molecular formula is C49H57FIrNO3-. The molecule has 0 unspecified atom stereocenters. The molecule has 293 valence electrons. The minimum Gasteiger partial charge on any atom is -0.512 e. The maximum absolute atomic E-state index is 16.3. The van der Waals surface area contributed by atoms with E-state index in [1.165, 1.54) is 17.0 Å². The topological polar surface area (TPSA) is 54.3 Å². The van der Waals surface area contributed by atoms with Crippen molar-refractivity contribution >= 4 is 38.5 Å². The molecule has 0 spiro atoms. The van der Waals surface area contributed by atoms with Gasteiger partial charge >= 0.3 is 0 Å². The number of allylic oxidation sites excluding steroid dienone is 2. The summed E-state index contributed by atoms with van der Waals surface area (Å²) in [5.74, 6) is 0.204. The molecule has 0 amide bonds. The van der Waals surface area contributed by atoms with Crippen molar-refractivity contribution in [2.45, 2.75) is 100 Å². The van der Waals surface area contributed by atoms with E-state index in [-0.39, 0.29) is 60.3 Å². The number of nitrogens with zero attached hydrogens (tertiary/aromatic N) is 1. The molecular weight excluding hydrogens is 862 g/mol. The second kappa shape index (κ2) is 17.6. The van der Waals surface area contributed by atoms with Crippen LogP contribution in [0.3, 0.4) is 0 Å². The Morgan fingerprint density at radius 3 is 1.95 bits per heavy atom. The van der Waals surface area contributed by atoms with Crippen molar-refractivity contribution in [1.82, 2.24) is 0 Å². The van der Waals surface area contributed by atoms with Gasteiger partial charge in [0, 0.05) is 61.4 Å². The Labute approximate surface area is 341 Å². The predicted molar refractivity (Wildman–Crippen MR) is 224 cm³/mol. The first-order valence-electron chi connectivity index (χ1n) is 19.4. The number of fused-ring (bicyclic) bond motifs is 4. The van der Waals surface area contributed by atoms with Gasteiger partial charge in [-0.1, -0.05) is 101 Å². The van der Waals surface area contributed by atoms with Gasteiger partial charge in [-0.3, -0.25) is 4.79 Å². The molecule has 1 radical (unpaired) electrons. The maximum Gasteiger partial charge on any atom is 0.174 e.